The summed E-state index contributed by atoms with van der Waals surface area (Å²) in [6, 6.07) is 7.60. The predicted octanol–water partition coefficient (Wildman–Crippen LogP) is 3.64. The molecule has 0 aliphatic heterocycles. The lowest BCUT2D eigenvalue weighted by Gasteiger charge is -2.36. The number of ether oxygens (including phenoxy) is 1. The first kappa shape index (κ1) is 21.8. The lowest BCUT2D eigenvalue weighted by Crippen LogP contribution is -2.35. The average Bonchev–Trinajstić information content (AvgIpc) is 2.72. The Morgan fingerprint density at radius 3 is 2.90 bits per heavy atom. The molecule has 2 aromatic rings. The van der Waals surface area contributed by atoms with Crippen molar-refractivity contribution in [2.24, 2.45) is 11.8 Å². The highest BCUT2D eigenvalue weighted by molar-refractivity contribution is 7.99. The SMILES string of the molecule is COCCCNC(=O)CSc1nc2ccccc2c(=O)n1[C@H]1CCC[C@@H](C)[C@H]1C. The van der Waals surface area contributed by atoms with E-state index < -0.39 is 0 Å². The van der Waals surface area contributed by atoms with Gasteiger partial charge in [-0.2, -0.15) is 0 Å². The van der Waals surface area contributed by atoms with Gasteiger partial charge in [0.1, 0.15) is 0 Å². The summed E-state index contributed by atoms with van der Waals surface area (Å²) in [4.78, 5) is 30.4. The molecule has 1 aromatic heterocycles. The van der Waals surface area contributed by atoms with Gasteiger partial charge in [-0.3, -0.25) is 14.2 Å². The minimum Gasteiger partial charge on any atom is -0.385 e. The van der Waals surface area contributed by atoms with Crippen molar-refractivity contribution >= 4 is 28.6 Å². The van der Waals surface area contributed by atoms with Crippen molar-refractivity contribution in [3.8, 4) is 0 Å². The van der Waals surface area contributed by atoms with E-state index in [0.717, 1.165) is 19.3 Å². The maximum absolute atomic E-state index is 13.4. The fourth-order valence-electron chi connectivity index (χ4n) is 4.06. The van der Waals surface area contributed by atoms with Crippen LogP contribution in [0, 0.1) is 11.8 Å². The van der Waals surface area contributed by atoms with Gasteiger partial charge in [0.25, 0.3) is 5.56 Å². The Kier molecular flexibility index (Phi) is 7.72. The first-order chi connectivity index (χ1) is 14.0. The summed E-state index contributed by atoms with van der Waals surface area (Å²) in [5.74, 6) is 1.15. The molecule has 1 N–H and O–H groups in total. The molecule has 0 saturated heterocycles. The summed E-state index contributed by atoms with van der Waals surface area (Å²) in [7, 11) is 1.65. The van der Waals surface area contributed by atoms with E-state index in [-0.39, 0.29) is 23.3 Å². The van der Waals surface area contributed by atoms with Crippen molar-refractivity contribution in [3.05, 3.63) is 34.6 Å². The van der Waals surface area contributed by atoms with E-state index in [1.807, 2.05) is 28.8 Å². The highest BCUT2D eigenvalue weighted by Gasteiger charge is 2.31. The smallest absolute Gasteiger partial charge is 0.262 e. The molecular weight excluding hydrogens is 386 g/mol. The second-order valence-electron chi connectivity index (χ2n) is 7.91. The van der Waals surface area contributed by atoms with Crippen LogP contribution < -0.4 is 10.9 Å². The van der Waals surface area contributed by atoms with Crippen molar-refractivity contribution < 1.29 is 9.53 Å². The molecular formula is C22H31N3O3S. The zero-order chi connectivity index (χ0) is 20.8. The van der Waals surface area contributed by atoms with E-state index in [1.54, 1.807) is 7.11 Å². The number of fused-ring (bicyclic) bond motifs is 1. The summed E-state index contributed by atoms with van der Waals surface area (Å²) in [6.45, 7) is 5.70. The van der Waals surface area contributed by atoms with Gasteiger partial charge in [-0.25, -0.2) is 4.98 Å². The molecule has 0 spiro atoms. The number of rotatable bonds is 8. The van der Waals surface area contributed by atoms with E-state index in [2.05, 4.69) is 19.2 Å². The number of carbonyl (C=O) groups is 1. The number of aromatic nitrogens is 2. The van der Waals surface area contributed by atoms with Crippen LogP contribution in [-0.2, 0) is 9.53 Å². The van der Waals surface area contributed by atoms with Crippen LogP contribution in [0.3, 0.4) is 0 Å². The Labute approximate surface area is 176 Å². The lowest BCUT2D eigenvalue weighted by molar-refractivity contribution is -0.118. The average molecular weight is 418 g/mol. The summed E-state index contributed by atoms with van der Waals surface area (Å²) in [5.41, 5.74) is 0.692. The number of carbonyl (C=O) groups excluding carboxylic acids is 1. The Bertz CT molecular complexity index is 898. The van der Waals surface area contributed by atoms with E-state index in [9.17, 15) is 9.59 Å². The van der Waals surface area contributed by atoms with Gasteiger partial charge in [0.15, 0.2) is 5.16 Å². The molecule has 158 valence electrons. The number of hydrogen-bond donors (Lipinski definition) is 1. The number of benzene rings is 1. The molecule has 1 aromatic carbocycles. The summed E-state index contributed by atoms with van der Waals surface area (Å²) in [5, 5.41) is 4.19. The van der Waals surface area contributed by atoms with Crippen LogP contribution in [0.1, 0.15) is 45.6 Å². The number of nitrogens with one attached hydrogen (secondary N) is 1. The van der Waals surface area contributed by atoms with Crippen LogP contribution in [0.2, 0.25) is 0 Å². The normalized spacial score (nSPS) is 22.0. The van der Waals surface area contributed by atoms with Crippen LogP contribution in [0.15, 0.2) is 34.2 Å². The first-order valence-electron chi connectivity index (χ1n) is 10.4. The third kappa shape index (κ3) is 5.20. The molecule has 0 unspecified atom stereocenters. The molecule has 1 saturated carbocycles. The maximum Gasteiger partial charge on any atom is 0.262 e. The largest absolute Gasteiger partial charge is 0.385 e. The van der Waals surface area contributed by atoms with Gasteiger partial charge in [-0.05, 0) is 36.8 Å². The summed E-state index contributed by atoms with van der Waals surface area (Å²) in [6.07, 6.45) is 4.06. The minimum atomic E-state index is -0.0508. The molecule has 0 radical (unpaired) electrons. The van der Waals surface area contributed by atoms with Gasteiger partial charge in [0.05, 0.1) is 16.7 Å². The predicted molar refractivity (Wildman–Crippen MR) is 117 cm³/mol. The van der Waals surface area contributed by atoms with Crippen molar-refractivity contribution in [1.82, 2.24) is 14.9 Å². The van der Waals surface area contributed by atoms with Gasteiger partial charge in [-0.15, -0.1) is 0 Å². The zero-order valence-corrected chi connectivity index (χ0v) is 18.3. The molecule has 0 bridgehead atoms. The molecule has 1 fully saturated rings. The molecule has 3 rings (SSSR count). The standard InChI is InChI=1S/C22H31N3O3S/c1-15-8-6-11-19(16(15)2)25-21(27)17-9-4-5-10-18(17)24-22(25)29-14-20(26)23-12-7-13-28-3/h4-5,9-10,15-16,19H,6-8,11-14H2,1-3H3,(H,23,26)/t15-,16-,19+/m1/s1. The summed E-state index contributed by atoms with van der Waals surface area (Å²) < 4.78 is 6.87. The second kappa shape index (κ2) is 10.3. The first-order valence-corrected chi connectivity index (χ1v) is 11.4. The van der Waals surface area contributed by atoms with E-state index in [1.165, 1.54) is 18.2 Å². The third-order valence-corrected chi connectivity index (χ3v) is 6.90. The molecule has 1 aliphatic rings. The Hall–Kier alpha value is -1.86. The van der Waals surface area contributed by atoms with Crippen LogP contribution in [0.5, 0.6) is 0 Å². The number of hydrogen-bond acceptors (Lipinski definition) is 5. The van der Waals surface area contributed by atoms with Crippen LogP contribution in [-0.4, -0.2) is 41.5 Å². The zero-order valence-electron chi connectivity index (χ0n) is 17.5. The number of amides is 1. The second-order valence-corrected chi connectivity index (χ2v) is 8.85. The third-order valence-electron chi connectivity index (χ3n) is 5.95. The van der Waals surface area contributed by atoms with Crippen LogP contribution in [0.4, 0.5) is 0 Å². The molecule has 1 aliphatic carbocycles. The molecule has 1 amide bonds. The Morgan fingerprint density at radius 1 is 1.31 bits per heavy atom. The monoisotopic (exact) mass is 417 g/mol. The molecule has 7 heteroatoms. The number of methoxy groups -OCH3 is 1. The fraction of sp³-hybridized carbons (Fsp3) is 0.591. The van der Waals surface area contributed by atoms with E-state index >= 15 is 0 Å². The van der Waals surface area contributed by atoms with Crippen LogP contribution >= 0.6 is 11.8 Å². The lowest BCUT2D eigenvalue weighted by atomic mass is 9.78. The maximum atomic E-state index is 13.4. The highest BCUT2D eigenvalue weighted by atomic mass is 32.2. The van der Waals surface area contributed by atoms with Crippen molar-refractivity contribution in [2.75, 3.05) is 26.0 Å². The van der Waals surface area contributed by atoms with Gasteiger partial charge >= 0.3 is 0 Å². The fourth-order valence-corrected chi connectivity index (χ4v) is 4.95. The number of thioether (sulfide) groups is 1. The quantitative estimate of drug-likeness (QED) is 0.403. The van der Waals surface area contributed by atoms with Crippen molar-refractivity contribution in [2.45, 2.75) is 50.7 Å². The van der Waals surface area contributed by atoms with Crippen LogP contribution in [0.25, 0.3) is 10.9 Å². The van der Waals surface area contributed by atoms with E-state index in [4.69, 9.17) is 9.72 Å². The van der Waals surface area contributed by atoms with Crippen molar-refractivity contribution in [3.63, 3.8) is 0 Å². The topological polar surface area (TPSA) is 73.2 Å². The minimum absolute atomic E-state index is 0.00422. The number of nitrogens with zero attached hydrogens (tertiary/aromatic N) is 2. The molecule has 1 heterocycles. The summed E-state index contributed by atoms with van der Waals surface area (Å²) >= 11 is 1.35. The Balaban J connectivity index is 1.87. The van der Waals surface area contributed by atoms with Gasteiger partial charge < -0.3 is 10.1 Å². The molecule has 6 nitrogen and oxygen atoms in total. The highest BCUT2D eigenvalue weighted by Crippen LogP contribution is 2.38. The van der Waals surface area contributed by atoms with Gasteiger partial charge in [-0.1, -0.05) is 50.6 Å². The molecule has 29 heavy (non-hydrogen) atoms. The van der Waals surface area contributed by atoms with E-state index in [0.29, 0.717) is 41.0 Å². The van der Waals surface area contributed by atoms with Crippen molar-refractivity contribution in [1.29, 1.82) is 0 Å². The van der Waals surface area contributed by atoms with Gasteiger partial charge in [0.2, 0.25) is 5.91 Å². The number of para-hydroxylation sites is 1. The molecule has 3 atom stereocenters. The Morgan fingerprint density at radius 2 is 2.10 bits per heavy atom. The van der Waals surface area contributed by atoms with Gasteiger partial charge in [0, 0.05) is 26.3 Å².